The van der Waals surface area contributed by atoms with E-state index in [0.717, 1.165) is 11.1 Å². The Balaban J connectivity index is 2.45. The maximum atomic E-state index is 12.0. The van der Waals surface area contributed by atoms with Crippen LogP contribution in [-0.4, -0.2) is 27.2 Å². The number of hydrogen-bond donors (Lipinski definition) is 2. The third kappa shape index (κ3) is 4.58. The summed E-state index contributed by atoms with van der Waals surface area (Å²) >= 11 is 0. The van der Waals surface area contributed by atoms with Crippen LogP contribution in [0.3, 0.4) is 0 Å². The van der Waals surface area contributed by atoms with E-state index >= 15 is 0 Å². The maximum Gasteiger partial charge on any atom is 0.315 e. The molecule has 0 saturated heterocycles. The molecule has 0 aromatic heterocycles. The molecule has 0 radical (unpaired) electrons. The summed E-state index contributed by atoms with van der Waals surface area (Å²) in [6, 6.07) is 13.7. The fraction of sp³-hybridized carbons (Fsp3) is 0.278. The van der Waals surface area contributed by atoms with Crippen molar-refractivity contribution in [1.82, 2.24) is 10.6 Å². The lowest BCUT2D eigenvalue weighted by molar-refractivity contribution is 0.239. The number of carbonyl (C=O) groups excluding carboxylic acids is 1. The maximum absolute atomic E-state index is 12.0. The van der Waals surface area contributed by atoms with Crippen molar-refractivity contribution >= 4 is 15.9 Å². The van der Waals surface area contributed by atoms with Gasteiger partial charge >= 0.3 is 6.03 Å². The Labute approximate surface area is 143 Å². The molecule has 1 atom stereocenters. The smallest absolute Gasteiger partial charge is 0.315 e. The predicted molar refractivity (Wildman–Crippen MR) is 94.8 cm³/mol. The molecule has 6 heteroatoms. The van der Waals surface area contributed by atoms with Crippen LogP contribution >= 0.6 is 0 Å². The molecule has 128 valence electrons. The summed E-state index contributed by atoms with van der Waals surface area (Å²) in [5.41, 5.74) is 2.71. The number of amides is 2. The summed E-state index contributed by atoms with van der Waals surface area (Å²) in [6.45, 7) is 4.33. The van der Waals surface area contributed by atoms with Crippen molar-refractivity contribution in [3.05, 3.63) is 65.2 Å². The first-order chi connectivity index (χ1) is 11.3. The molecule has 2 aromatic rings. The molecule has 0 spiro atoms. The quantitative estimate of drug-likeness (QED) is 0.874. The number of hydrogen-bond acceptors (Lipinski definition) is 3. The number of benzene rings is 2. The Morgan fingerprint density at radius 3 is 2.33 bits per heavy atom. The molecular weight excluding hydrogens is 324 g/mol. The lowest BCUT2D eigenvalue weighted by atomic mass is 9.98. The highest BCUT2D eigenvalue weighted by atomic mass is 32.2. The van der Waals surface area contributed by atoms with Crippen LogP contribution < -0.4 is 10.6 Å². The molecule has 24 heavy (non-hydrogen) atoms. The number of carbonyl (C=O) groups is 1. The number of rotatable bonds is 5. The molecule has 0 aliphatic rings. The van der Waals surface area contributed by atoms with E-state index in [0.29, 0.717) is 12.1 Å². The Bertz CT molecular complexity index is 814. The zero-order valence-electron chi connectivity index (χ0n) is 14.0. The van der Waals surface area contributed by atoms with Gasteiger partial charge in [0.1, 0.15) is 0 Å². The van der Waals surface area contributed by atoms with Crippen LogP contribution in [0.1, 0.15) is 29.7 Å². The van der Waals surface area contributed by atoms with Gasteiger partial charge in [0.25, 0.3) is 0 Å². The van der Waals surface area contributed by atoms with Crippen molar-refractivity contribution in [3.63, 3.8) is 0 Å². The van der Waals surface area contributed by atoms with Gasteiger partial charge in [0.05, 0.1) is 10.9 Å². The summed E-state index contributed by atoms with van der Waals surface area (Å²) in [7, 11) is -3.31. The minimum atomic E-state index is -3.31. The molecule has 0 bridgehead atoms. The van der Waals surface area contributed by atoms with E-state index < -0.39 is 15.9 Å². The van der Waals surface area contributed by atoms with E-state index in [2.05, 4.69) is 10.6 Å². The van der Waals surface area contributed by atoms with E-state index in [1.807, 2.05) is 44.2 Å². The van der Waals surface area contributed by atoms with E-state index in [9.17, 15) is 13.2 Å². The van der Waals surface area contributed by atoms with Crippen molar-refractivity contribution in [2.45, 2.75) is 24.8 Å². The van der Waals surface area contributed by atoms with Crippen LogP contribution in [0.25, 0.3) is 0 Å². The van der Waals surface area contributed by atoms with Crippen molar-refractivity contribution in [2.24, 2.45) is 0 Å². The lowest BCUT2D eigenvalue weighted by Gasteiger charge is -2.21. The number of urea groups is 1. The zero-order valence-corrected chi connectivity index (χ0v) is 14.9. The highest BCUT2D eigenvalue weighted by Crippen LogP contribution is 2.24. The summed E-state index contributed by atoms with van der Waals surface area (Å²) in [6.07, 6.45) is 1.17. The van der Waals surface area contributed by atoms with Gasteiger partial charge in [-0.1, -0.05) is 42.0 Å². The van der Waals surface area contributed by atoms with Gasteiger partial charge in [-0.3, -0.25) is 0 Å². The van der Waals surface area contributed by atoms with Crippen LogP contribution in [0, 0.1) is 6.92 Å². The standard InChI is InChI=1S/C18H22N2O3S/c1-4-19-18(21)20-17(14-10-8-13(2)9-11-14)15-6-5-7-16(12-15)24(3,22)23/h5-12,17H,4H2,1-3H3,(H2,19,20,21)/t17-/m1/s1. The van der Waals surface area contributed by atoms with Crippen molar-refractivity contribution in [3.8, 4) is 0 Å². The molecule has 2 N–H and O–H groups in total. The SMILES string of the molecule is CCNC(=O)N[C@H](c1ccc(C)cc1)c1cccc(S(C)(=O)=O)c1. The van der Waals surface area contributed by atoms with Gasteiger partial charge in [0.15, 0.2) is 9.84 Å². The Kier molecular flexibility index (Phi) is 5.62. The first-order valence-electron chi connectivity index (χ1n) is 7.72. The topological polar surface area (TPSA) is 75.3 Å². The van der Waals surface area contributed by atoms with Crippen LogP contribution in [0.5, 0.6) is 0 Å². The molecule has 5 nitrogen and oxygen atoms in total. The van der Waals surface area contributed by atoms with Gasteiger partial charge in [-0.25, -0.2) is 13.2 Å². The average molecular weight is 346 g/mol. The van der Waals surface area contributed by atoms with Gasteiger partial charge in [-0.2, -0.15) is 0 Å². The van der Waals surface area contributed by atoms with Gasteiger partial charge < -0.3 is 10.6 Å². The third-order valence-electron chi connectivity index (χ3n) is 3.64. The van der Waals surface area contributed by atoms with Crippen LogP contribution in [0.15, 0.2) is 53.4 Å². The van der Waals surface area contributed by atoms with E-state index in [4.69, 9.17) is 0 Å². The third-order valence-corrected chi connectivity index (χ3v) is 4.75. The monoisotopic (exact) mass is 346 g/mol. The minimum absolute atomic E-state index is 0.231. The van der Waals surface area contributed by atoms with E-state index in [1.54, 1.807) is 18.2 Å². The molecule has 2 aromatic carbocycles. The Morgan fingerprint density at radius 1 is 1.08 bits per heavy atom. The molecule has 0 saturated carbocycles. The molecule has 0 unspecified atom stereocenters. The molecule has 2 rings (SSSR count). The van der Waals surface area contributed by atoms with Crippen molar-refractivity contribution in [2.75, 3.05) is 12.8 Å². The summed E-state index contributed by atoms with van der Waals surface area (Å²) < 4.78 is 23.6. The van der Waals surface area contributed by atoms with Crippen molar-refractivity contribution < 1.29 is 13.2 Å². The fourth-order valence-electron chi connectivity index (χ4n) is 2.39. The summed E-state index contributed by atoms with van der Waals surface area (Å²) in [5, 5.41) is 5.61. The second-order valence-corrected chi connectivity index (χ2v) is 7.71. The van der Waals surface area contributed by atoms with Gasteiger partial charge in [0, 0.05) is 12.8 Å². The Morgan fingerprint density at radius 2 is 1.75 bits per heavy atom. The van der Waals surface area contributed by atoms with Gasteiger partial charge in [0.2, 0.25) is 0 Å². The first kappa shape index (κ1) is 18.0. The van der Waals surface area contributed by atoms with Crippen molar-refractivity contribution in [1.29, 1.82) is 0 Å². The summed E-state index contributed by atoms with van der Waals surface area (Å²) in [4.78, 5) is 12.2. The molecular formula is C18H22N2O3S. The van der Waals surface area contributed by atoms with Gasteiger partial charge in [-0.15, -0.1) is 0 Å². The van der Waals surface area contributed by atoms with E-state index in [1.165, 1.54) is 6.26 Å². The fourth-order valence-corrected chi connectivity index (χ4v) is 3.06. The highest BCUT2D eigenvalue weighted by Gasteiger charge is 2.18. The number of aryl methyl sites for hydroxylation is 1. The van der Waals surface area contributed by atoms with Crippen LogP contribution in [-0.2, 0) is 9.84 Å². The van der Waals surface area contributed by atoms with E-state index in [-0.39, 0.29) is 10.9 Å². The van der Waals surface area contributed by atoms with Crippen LogP contribution in [0.2, 0.25) is 0 Å². The normalized spacial score (nSPS) is 12.5. The molecule has 0 fully saturated rings. The molecule has 2 amide bonds. The second kappa shape index (κ2) is 7.49. The second-order valence-electron chi connectivity index (χ2n) is 5.69. The zero-order chi connectivity index (χ0) is 17.7. The minimum Gasteiger partial charge on any atom is -0.338 e. The molecule has 0 aliphatic carbocycles. The molecule has 0 aliphatic heterocycles. The lowest BCUT2D eigenvalue weighted by Crippen LogP contribution is -2.38. The largest absolute Gasteiger partial charge is 0.338 e. The highest BCUT2D eigenvalue weighted by molar-refractivity contribution is 7.90. The summed E-state index contributed by atoms with van der Waals surface area (Å²) in [5.74, 6) is 0. The van der Waals surface area contributed by atoms with Crippen LogP contribution in [0.4, 0.5) is 4.79 Å². The number of nitrogens with one attached hydrogen (secondary N) is 2. The first-order valence-corrected chi connectivity index (χ1v) is 9.61. The average Bonchev–Trinajstić information content (AvgIpc) is 2.53. The molecule has 0 heterocycles. The Hall–Kier alpha value is -2.34. The van der Waals surface area contributed by atoms with Gasteiger partial charge in [-0.05, 0) is 37.1 Å². The number of sulfone groups is 1. The predicted octanol–water partition coefficient (Wildman–Crippen LogP) is 2.81.